The van der Waals surface area contributed by atoms with Crippen molar-refractivity contribution in [3.63, 3.8) is 0 Å². The third kappa shape index (κ3) is 2.51. The molecular formula is C18H18F3N. The highest BCUT2D eigenvalue weighted by atomic mass is 19.4. The van der Waals surface area contributed by atoms with E-state index in [1.165, 1.54) is 0 Å². The molecule has 1 aliphatic carbocycles. The SMILES string of the molecule is CC(C)c1c2c(nc(C(F)(F)F)c1-c1ccccc1)CCC2. The van der Waals surface area contributed by atoms with Gasteiger partial charge in [-0.05, 0) is 41.9 Å². The molecule has 0 saturated heterocycles. The second kappa shape index (κ2) is 5.41. The summed E-state index contributed by atoms with van der Waals surface area (Å²) in [6.45, 7) is 3.92. The molecule has 0 bridgehead atoms. The summed E-state index contributed by atoms with van der Waals surface area (Å²) in [4.78, 5) is 4.02. The van der Waals surface area contributed by atoms with Crippen LogP contribution in [-0.2, 0) is 19.0 Å². The average molecular weight is 305 g/mol. The lowest BCUT2D eigenvalue weighted by molar-refractivity contribution is -0.140. The monoisotopic (exact) mass is 305 g/mol. The van der Waals surface area contributed by atoms with Crippen molar-refractivity contribution in [1.82, 2.24) is 4.98 Å². The fourth-order valence-electron chi connectivity index (χ4n) is 3.35. The van der Waals surface area contributed by atoms with Gasteiger partial charge in [0.1, 0.15) is 0 Å². The van der Waals surface area contributed by atoms with Crippen molar-refractivity contribution in [2.75, 3.05) is 0 Å². The molecule has 0 unspecified atom stereocenters. The van der Waals surface area contributed by atoms with Gasteiger partial charge in [-0.25, -0.2) is 4.98 Å². The molecule has 3 rings (SSSR count). The first-order valence-electron chi connectivity index (χ1n) is 7.58. The van der Waals surface area contributed by atoms with E-state index in [1.807, 2.05) is 19.9 Å². The summed E-state index contributed by atoms with van der Waals surface area (Å²) in [7, 11) is 0. The van der Waals surface area contributed by atoms with Gasteiger partial charge in [0.05, 0.1) is 0 Å². The van der Waals surface area contributed by atoms with Crippen molar-refractivity contribution in [3.05, 3.63) is 52.8 Å². The molecule has 1 aliphatic rings. The van der Waals surface area contributed by atoms with E-state index in [0.717, 1.165) is 24.0 Å². The van der Waals surface area contributed by atoms with Crippen molar-refractivity contribution >= 4 is 0 Å². The van der Waals surface area contributed by atoms with Gasteiger partial charge in [-0.1, -0.05) is 44.2 Å². The van der Waals surface area contributed by atoms with E-state index >= 15 is 0 Å². The van der Waals surface area contributed by atoms with Crippen molar-refractivity contribution in [2.45, 2.75) is 45.2 Å². The van der Waals surface area contributed by atoms with Crippen LogP contribution in [0.3, 0.4) is 0 Å². The van der Waals surface area contributed by atoms with E-state index in [1.54, 1.807) is 24.3 Å². The number of halogens is 3. The number of alkyl halides is 3. The van der Waals surface area contributed by atoms with Crippen LogP contribution in [0.25, 0.3) is 11.1 Å². The number of hydrogen-bond donors (Lipinski definition) is 0. The number of aryl methyl sites for hydroxylation is 1. The standard InChI is InChI=1S/C18H18F3N/c1-11(2)15-13-9-6-10-14(13)22-17(18(19,20)21)16(15)12-7-4-3-5-8-12/h3-5,7-8,11H,6,9-10H2,1-2H3. The predicted molar refractivity (Wildman–Crippen MR) is 80.8 cm³/mol. The van der Waals surface area contributed by atoms with E-state index < -0.39 is 11.9 Å². The van der Waals surface area contributed by atoms with Crippen molar-refractivity contribution in [2.24, 2.45) is 0 Å². The fraction of sp³-hybridized carbons (Fsp3) is 0.389. The van der Waals surface area contributed by atoms with Crippen LogP contribution in [0.1, 0.15) is 48.7 Å². The average Bonchev–Trinajstić information content (AvgIpc) is 2.93. The van der Waals surface area contributed by atoms with Crippen molar-refractivity contribution in [3.8, 4) is 11.1 Å². The van der Waals surface area contributed by atoms with Crippen LogP contribution in [0.15, 0.2) is 30.3 Å². The van der Waals surface area contributed by atoms with Crippen LogP contribution in [-0.4, -0.2) is 4.98 Å². The Morgan fingerprint density at radius 1 is 1.05 bits per heavy atom. The Kier molecular flexibility index (Phi) is 3.71. The van der Waals surface area contributed by atoms with Gasteiger partial charge in [-0.15, -0.1) is 0 Å². The van der Waals surface area contributed by atoms with E-state index in [2.05, 4.69) is 4.98 Å². The zero-order valence-electron chi connectivity index (χ0n) is 12.7. The molecule has 0 amide bonds. The number of benzene rings is 1. The molecule has 0 N–H and O–H groups in total. The van der Waals surface area contributed by atoms with Crippen LogP contribution < -0.4 is 0 Å². The van der Waals surface area contributed by atoms with Crippen molar-refractivity contribution < 1.29 is 13.2 Å². The second-order valence-corrected chi connectivity index (χ2v) is 6.05. The van der Waals surface area contributed by atoms with Crippen LogP contribution in [0, 0.1) is 0 Å². The highest BCUT2D eigenvalue weighted by molar-refractivity contribution is 5.73. The molecule has 1 aromatic carbocycles. The number of rotatable bonds is 2. The summed E-state index contributed by atoms with van der Waals surface area (Å²) in [5.74, 6) is 0.0335. The zero-order valence-corrected chi connectivity index (χ0v) is 12.7. The Bertz CT molecular complexity index is 688. The molecule has 22 heavy (non-hydrogen) atoms. The molecule has 0 radical (unpaired) electrons. The molecule has 0 saturated carbocycles. The van der Waals surface area contributed by atoms with E-state index in [0.29, 0.717) is 17.7 Å². The zero-order chi connectivity index (χ0) is 15.9. The Morgan fingerprint density at radius 2 is 1.73 bits per heavy atom. The minimum Gasteiger partial charge on any atom is -0.247 e. The van der Waals surface area contributed by atoms with Gasteiger partial charge in [0.2, 0.25) is 0 Å². The summed E-state index contributed by atoms with van der Waals surface area (Å²) in [6.07, 6.45) is -2.08. The highest BCUT2D eigenvalue weighted by Crippen LogP contribution is 2.44. The van der Waals surface area contributed by atoms with Crippen LogP contribution in [0.5, 0.6) is 0 Å². The molecule has 1 aromatic heterocycles. The number of fused-ring (bicyclic) bond motifs is 1. The first-order chi connectivity index (χ1) is 10.4. The lowest BCUT2D eigenvalue weighted by Gasteiger charge is -2.22. The maximum atomic E-state index is 13.6. The van der Waals surface area contributed by atoms with Crippen LogP contribution in [0.4, 0.5) is 13.2 Å². The summed E-state index contributed by atoms with van der Waals surface area (Å²) < 4.78 is 40.8. The molecule has 0 fully saturated rings. The Hall–Kier alpha value is -1.84. The minimum absolute atomic E-state index is 0.0335. The second-order valence-electron chi connectivity index (χ2n) is 6.05. The number of aromatic nitrogens is 1. The summed E-state index contributed by atoms with van der Waals surface area (Å²) >= 11 is 0. The predicted octanol–water partition coefficient (Wildman–Crippen LogP) is 5.38. The lowest BCUT2D eigenvalue weighted by Crippen LogP contribution is -2.15. The lowest BCUT2D eigenvalue weighted by atomic mass is 9.87. The quantitative estimate of drug-likeness (QED) is 0.726. The van der Waals surface area contributed by atoms with Gasteiger partial charge >= 0.3 is 6.18 Å². The number of nitrogens with zero attached hydrogens (tertiary/aromatic N) is 1. The maximum Gasteiger partial charge on any atom is 0.433 e. The summed E-state index contributed by atoms with van der Waals surface area (Å²) in [6, 6.07) is 8.82. The van der Waals surface area contributed by atoms with Crippen molar-refractivity contribution in [1.29, 1.82) is 0 Å². The Balaban J connectivity index is 2.38. The Morgan fingerprint density at radius 3 is 2.32 bits per heavy atom. The molecule has 2 aromatic rings. The fourth-order valence-corrected chi connectivity index (χ4v) is 3.35. The van der Waals surface area contributed by atoms with E-state index in [-0.39, 0.29) is 11.5 Å². The van der Waals surface area contributed by atoms with Crippen LogP contribution >= 0.6 is 0 Å². The molecule has 1 nitrogen and oxygen atoms in total. The largest absolute Gasteiger partial charge is 0.433 e. The normalized spacial score (nSPS) is 14.5. The molecule has 0 aliphatic heterocycles. The number of hydrogen-bond acceptors (Lipinski definition) is 1. The topological polar surface area (TPSA) is 12.9 Å². The summed E-state index contributed by atoms with van der Waals surface area (Å²) in [5, 5.41) is 0. The minimum atomic E-state index is -4.44. The van der Waals surface area contributed by atoms with Gasteiger partial charge in [0.25, 0.3) is 0 Å². The molecule has 0 spiro atoms. The highest BCUT2D eigenvalue weighted by Gasteiger charge is 2.39. The van der Waals surface area contributed by atoms with Gasteiger partial charge in [-0.3, -0.25) is 0 Å². The molecule has 0 atom stereocenters. The first-order valence-corrected chi connectivity index (χ1v) is 7.58. The van der Waals surface area contributed by atoms with Gasteiger partial charge in [0, 0.05) is 11.3 Å². The molecular weight excluding hydrogens is 287 g/mol. The first kappa shape index (κ1) is 15.1. The molecule has 116 valence electrons. The smallest absolute Gasteiger partial charge is 0.247 e. The molecule has 1 heterocycles. The summed E-state index contributed by atoms with van der Waals surface area (Å²) in [5.41, 5.74) is 2.62. The molecule has 4 heteroatoms. The Labute approximate surface area is 128 Å². The maximum absolute atomic E-state index is 13.6. The van der Waals surface area contributed by atoms with Crippen LogP contribution in [0.2, 0.25) is 0 Å². The van der Waals surface area contributed by atoms with Gasteiger partial charge in [0.15, 0.2) is 5.69 Å². The van der Waals surface area contributed by atoms with E-state index in [9.17, 15) is 13.2 Å². The van der Waals surface area contributed by atoms with Gasteiger partial charge < -0.3 is 0 Å². The number of pyridine rings is 1. The third-order valence-corrected chi connectivity index (χ3v) is 4.18. The van der Waals surface area contributed by atoms with Gasteiger partial charge in [-0.2, -0.15) is 13.2 Å². The van der Waals surface area contributed by atoms with E-state index in [4.69, 9.17) is 0 Å². The third-order valence-electron chi connectivity index (χ3n) is 4.18.